The van der Waals surface area contributed by atoms with Crippen LogP contribution in [0, 0.1) is 0 Å². The standard InChI is InChI=1S/C12H21N5O/c13-17-11-8-14-7-10(16-11)15-9-12(18)5-3-1-2-4-6-12/h7-8,18H,1-6,9,13H2,(H2,15,16,17). The molecule has 0 atom stereocenters. The van der Waals surface area contributed by atoms with Crippen LogP contribution in [0.3, 0.4) is 0 Å². The second kappa shape index (κ2) is 5.97. The molecule has 1 heterocycles. The van der Waals surface area contributed by atoms with Gasteiger partial charge in [-0.25, -0.2) is 10.8 Å². The first-order valence-electron chi connectivity index (χ1n) is 6.47. The van der Waals surface area contributed by atoms with E-state index in [2.05, 4.69) is 20.7 Å². The molecule has 6 heteroatoms. The van der Waals surface area contributed by atoms with Crippen molar-refractivity contribution in [2.24, 2.45) is 5.84 Å². The summed E-state index contributed by atoms with van der Waals surface area (Å²) < 4.78 is 0. The van der Waals surface area contributed by atoms with Gasteiger partial charge >= 0.3 is 0 Å². The zero-order valence-electron chi connectivity index (χ0n) is 10.5. The van der Waals surface area contributed by atoms with Gasteiger partial charge in [0.05, 0.1) is 18.0 Å². The number of nitrogen functional groups attached to an aromatic ring is 1. The van der Waals surface area contributed by atoms with Gasteiger partial charge in [0.25, 0.3) is 0 Å². The lowest BCUT2D eigenvalue weighted by atomic mass is 9.94. The quantitative estimate of drug-likeness (QED) is 0.365. The molecule has 1 aliphatic rings. The second-order valence-electron chi connectivity index (χ2n) is 4.93. The smallest absolute Gasteiger partial charge is 0.160 e. The number of nitrogens with one attached hydrogen (secondary N) is 2. The molecular weight excluding hydrogens is 230 g/mol. The van der Waals surface area contributed by atoms with Crippen LogP contribution in [0.5, 0.6) is 0 Å². The Hall–Kier alpha value is -1.40. The van der Waals surface area contributed by atoms with Crippen molar-refractivity contribution in [3.8, 4) is 0 Å². The van der Waals surface area contributed by atoms with Crippen LogP contribution < -0.4 is 16.6 Å². The Bertz CT molecular complexity index is 376. The molecule has 0 saturated heterocycles. The highest BCUT2D eigenvalue weighted by Gasteiger charge is 2.27. The topological polar surface area (TPSA) is 96.1 Å². The van der Waals surface area contributed by atoms with Gasteiger partial charge in [-0.2, -0.15) is 0 Å². The molecule has 0 bridgehead atoms. The highest BCUT2D eigenvalue weighted by atomic mass is 16.3. The average Bonchev–Trinajstić information content (AvgIpc) is 2.62. The zero-order valence-corrected chi connectivity index (χ0v) is 10.5. The van der Waals surface area contributed by atoms with Crippen LogP contribution in [0.1, 0.15) is 38.5 Å². The third-order valence-electron chi connectivity index (χ3n) is 3.42. The van der Waals surface area contributed by atoms with Crippen molar-refractivity contribution in [1.82, 2.24) is 9.97 Å². The largest absolute Gasteiger partial charge is 0.388 e. The van der Waals surface area contributed by atoms with E-state index in [0.29, 0.717) is 18.2 Å². The minimum atomic E-state index is -0.621. The van der Waals surface area contributed by atoms with Gasteiger partial charge in [-0.3, -0.25) is 4.98 Å². The van der Waals surface area contributed by atoms with Crippen molar-refractivity contribution in [3.05, 3.63) is 12.4 Å². The van der Waals surface area contributed by atoms with Crippen molar-refractivity contribution in [2.45, 2.75) is 44.1 Å². The molecule has 5 N–H and O–H groups in total. The summed E-state index contributed by atoms with van der Waals surface area (Å²) in [6.07, 6.45) is 9.49. The van der Waals surface area contributed by atoms with Crippen LogP contribution in [-0.4, -0.2) is 27.2 Å². The fourth-order valence-electron chi connectivity index (χ4n) is 2.34. The molecule has 0 aromatic carbocycles. The number of aliphatic hydroxyl groups is 1. The molecule has 2 rings (SSSR count). The minimum absolute atomic E-state index is 0.507. The van der Waals surface area contributed by atoms with Gasteiger partial charge in [-0.15, -0.1) is 0 Å². The zero-order chi connectivity index (χ0) is 12.8. The molecule has 1 aromatic rings. The maximum Gasteiger partial charge on any atom is 0.160 e. The molecule has 0 aliphatic heterocycles. The van der Waals surface area contributed by atoms with E-state index >= 15 is 0 Å². The first kappa shape index (κ1) is 13.0. The first-order chi connectivity index (χ1) is 8.72. The van der Waals surface area contributed by atoms with Crippen LogP contribution in [0.2, 0.25) is 0 Å². The van der Waals surface area contributed by atoms with Crippen molar-refractivity contribution in [1.29, 1.82) is 0 Å². The lowest BCUT2D eigenvalue weighted by Crippen LogP contribution is -2.36. The molecule has 0 unspecified atom stereocenters. The summed E-state index contributed by atoms with van der Waals surface area (Å²) in [6, 6.07) is 0. The van der Waals surface area contributed by atoms with Gasteiger partial charge in [-0.05, 0) is 12.8 Å². The Labute approximate surface area is 107 Å². The second-order valence-corrected chi connectivity index (χ2v) is 4.93. The van der Waals surface area contributed by atoms with Gasteiger partial charge in [-0.1, -0.05) is 25.7 Å². The van der Waals surface area contributed by atoms with E-state index in [1.165, 1.54) is 12.8 Å². The summed E-state index contributed by atoms with van der Waals surface area (Å²) in [5.74, 6) is 6.41. The maximum atomic E-state index is 10.5. The lowest BCUT2D eigenvalue weighted by molar-refractivity contribution is 0.0380. The van der Waals surface area contributed by atoms with Gasteiger partial charge in [0.1, 0.15) is 5.82 Å². The number of nitrogens with zero attached hydrogens (tertiary/aromatic N) is 2. The van der Waals surface area contributed by atoms with Gasteiger partial charge in [0.15, 0.2) is 5.82 Å². The highest BCUT2D eigenvalue weighted by molar-refractivity contribution is 5.40. The Balaban J connectivity index is 1.92. The summed E-state index contributed by atoms with van der Waals surface area (Å²) in [5.41, 5.74) is 1.83. The van der Waals surface area contributed by atoms with E-state index in [4.69, 9.17) is 5.84 Å². The first-order valence-corrected chi connectivity index (χ1v) is 6.47. The van der Waals surface area contributed by atoms with Gasteiger partial charge < -0.3 is 15.8 Å². The number of hydrazine groups is 1. The number of nitrogens with two attached hydrogens (primary N) is 1. The summed E-state index contributed by atoms with van der Waals surface area (Å²) in [4.78, 5) is 8.22. The van der Waals surface area contributed by atoms with E-state index in [-0.39, 0.29) is 0 Å². The molecule has 100 valence electrons. The fourth-order valence-corrected chi connectivity index (χ4v) is 2.34. The summed E-state index contributed by atoms with van der Waals surface area (Å²) in [7, 11) is 0. The summed E-state index contributed by atoms with van der Waals surface area (Å²) in [5, 5.41) is 13.6. The Kier molecular flexibility index (Phi) is 4.33. The molecular formula is C12H21N5O. The third-order valence-corrected chi connectivity index (χ3v) is 3.42. The molecule has 6 nitrogen and oxygen atoms in total. The molecule has 1 aromatic heterocycles. The average molecular weight is 251 g/mol. The third kappa shape index (κ3) is 3.54. The fraction of sp³-hybridized carbons (Fsp3) is 0.667. The van der Waals surface area contributed by atoms with E-state index in [1.54, 1.807) is 12.4 Å². The van der Waals surface area contributed by atoms with Crippen molar-refractivity contribution in [2.75, 3.05) is 17.3 Å². The van der Waals surface area contributed by atoms with Crippen LogP contribution in [-0.2, 0) is 0 Å². The van der Waals surface area contributed by atoms with Crippen molar-refractivity contribution in [3.63, 3.8) is 0 Å². The SMILES string of the molecule is NNc1cncc(NCC2(O)CCCCCC2)n1. The molecule has 18 heavy (non-hydrogen) atoms. The van der Waals surface area contributed by atoms with Crippen LogP contribution in [0.25, 0.3) is 0 Å². The Morgan fingerprint density at radius 3 is 2.50 bits per heavy atom. The van der Waals surface area contributed by atoms with Crippen molar-refractivity contribution >= 4 is 11.6 Å². The number of rotatable bonds is 4. The van der Waals surface area contributed by atoms with E-state index in [9.17, 15) is 5.11 Å². The summed E-state index contributed by atoms with van der Waals surface area (Å²) in [6.45, 7) is 0.510. The lowest BCUT2D eigenvalue weighted by Gasteiger charge is -2.27. The number of anilines is 2. The van der Waals surface area contributed by atoms with E-state index in [0.717, 1.165) is 25.7 Å². The van der Waals surface area contributed by atoms with Crippen LogP contribution >= 0.6 is 0 Å². The molecule has 0 radical (unpaired) electrons. The number of aromatic nitrogens is 2. The highest BCUT2D eigenvalue weighted by Crippen LogP contribution is 2.27. The van der Waals surface area contributed by atoms with E-state index in [1.807, 2.05) is 0 Å². The summed E-state index contributed by atoms with van der Waals surface area (Å²) >= 11 is 0. The monoisotopic (exact) mass is 251 g/mol. The molecule has 1 saturated carbocycles. The number of hydrogen-bond acceptors (Lipinski definition) is 6. The van der Waals surface area contributed by atoms with Gasteiger partial charge in [0.2, 0.25) is 0 Å². The molecule has 1 aliphatic carbocycles. The molecule has 1 fully saturated rings. The van der Waals surface area contributed by atoms with Gasteiger partial charge in [0, 0.05) is 6.54 Å². The normalized spacial score (nSPS) is 19.0. The minimum Gasteiger partial charge on any atom is -0.388 e. The predicted octanol–water partition coefficient (Wildman–Crippen LogP) is 1.26. The maximum absolute atomic E-state index is 10.5. The molecule has 0 spiro atoms. The van der Waals surface area contributed by atoms with Crippen LogP contribution in [0.4, 0.5) is 11.6 Å². The number of hydrogen-bond donors (Lipinski definition) is 4. The van der Waals surface area contributed by atoms with Crippen LogP contribution in [0.15, 0.2) is 12.4 Å². The predicted molar refractivity (Wildman–Crippen MR) is 71.0 cm³/mol. The Morgan fingerprint density at radius 2 is 1.83 bits per heavy atom. The van der Waals surface area contributed by atoms with E-state index < -0.39 is 5.60 Å². The van der Waals surface area contributed by atoms with Crippen molar-refractivity contribution < 1.29 is 5.11 Å². The Morgan fingerprint density at radius 1 is 1.17 bits per heavy atom. The molecule has 0 amide bonds.